The second-order valence-electron chi connectivity index (χ2n) is 7.07. The summed E-state index contributed by atoms with van der Waals surface area (Å²) in [4.78, 5) is 30.7. The van der Waals surface area contributed by atoms with Crippen molar-refractivity contribution in [3.05, 3.63) is 52.6 Å². The number of benzene rings is 1. The van der Waals surface area contributed by atoms with Gasteiger partial charge < -0.3 is 19.9 Å². The first-order chi connectivity index (χ1) is 13.5. The van der Waals surface area contributed by atoms with Crippen molar-refractivity contribution < 1.29 is 9.53 Å². The molecule has 0 bridgehead atoms. The summed E-state index contributed by atoms with van der Waals surface area (Å²) in [5.41, 5.74) is 1.52. The van der Waals surface area contributed by atoms with E-state index in [1.165, 1.54) is 6.20 Å². The van der Waals surface area contributed by atoms with Crippen molar-refractivity contribution >= 4 is 22.5 Å². The largest absolute Gasteiger partial charge is 0.497 e. The minimum atomic E-state index is -0.350. The molecule has 1 aromatic carbocycles. The van der Waals surface area contributed by atoms with Crippen LogP contribution in [-0.4, -0.2) is 46.9 Å². The van der Waals surface area contributed by atoms with Crippen LogP contribution in [0, 0.1) is 0 Å². The lowest BCUT2D eigenvalue weighted by Gasteiger charge is -2.33. The van der Waals surface area contributed by atoms with Crippen LogP contribution in [0.3, 0.4) is 0 Å². The van der Waals surface area contributed by atoms with Crippen LogP contribution in [0.4, 0.5) is 5.69 Å². The van der Waals surface area contributed by atoms with E-state index in [1.807, 2.05) is 19.4 Å². The number of hydrogen-bond acceptors (Lipinski definition) is 5. The van der Waals surface area contributed by atoms with Crippen LogP contribution in [0.5, 0.6) is 5.75 Å². The van der Waals surface area contributed by atoms with E-state index in [4.69, 9.17) is 4.74 Å². The molecule has 146 valence electrons. The Balaban J connectivity index is 1.51. The normalized spacial score (nSPS) is 16.9. The third-order valence-corrected chi connectivity index (χ3v) is 5.15. The van der Waals surface area contributed by atoms with Crippen molar-refractivity contribution in [1.82, 2.24) is 20.1 Å². The number of H-pyrrole nitrogens is 1. The Bertz CT molecular complexity index is 1070. The van der Waals surface area contributed by atoms with Crippen molar-refractivity contribution in [3.63, 3.8) is 0 Å². The van der Waals surface area contributed by atoms with E-state index in [1.54, 1.807) is 30.0 Å². The number of nitrogens with zero attached hydrogens (tertiary/aromatic N) is 3. The van der Waals surface area contributed by atoms with Crippen molar-refractivity contribution in [2.45, 2.75) is 18.9 Å². The molecule has 0 aliphatic carbocycles. The van der Waals surface area contributed by atoms with Crippen molar-refractivity contribution in [2.75, 3.05) is 25.1 Å². The lowest BCUT2D eigenvalue weighted by atomic mass is 10.0. The molecule has 8 heteroatoms. The van der Waals surface area contributed by atoms with Gasteiger partial charge in [0, 0.05) is 50.0 Å². The fourth-order valence-corrected chi connectivity index (χ4v) is 3.66. The Morgan fingerprint density at radius 2 is 2.25 bits per heavy atom. The van der Waals surface area contributed by atoms with Gasteiger partial charge in [0.2, 0.25) is 5.43 Å². The molecule has 4 rings (SSSR count). The molecular weight excluding hydrogens is 358 g/mol. The number of ether oxygens (including phenoxy) is 1. The predicted octanol–water partition coefficient (Wildman–Crippen LogP) is 1.67. The Labute approximate surface area is 162 Å². The Morgan fingerprint density at radius 3 is 3.00 bits per heavy atom. The monoisotopic (exact) mass is 381 g/mol. The zero-order chi connectivity index (χ0) is 19.7. The average Bonchev–Trinajstić information content (AvgIpc) is 3.14. The van der Waals surface area contributed by atoms with E-state index in [0.29, 0.717) is 23.2 Å². The van der Waals surface area contributed by atoms with Gasteiger partial charge in [-0.25, -0.2) is 0 Å². The fourth-order valence-electron chi connectivity index (χ4n) is 3.66. The molecule has 1 aliphatic rings. The van der Waals surface area contributed by atoms with E-state index >= 15 is 0 Å². The lowest BCUT2D eigenvalue weighted by Crippen LogP contribution is -2.48. The van der Waals surface area contributed by atoms with Gasteiger partial charge in [0.15, 0.2) is 0 Å². The Morgan fingerprint density at radius 1 is 1.39 bits per heavy atom. The van der Waals surface area contributed by atoms with Crippen LogP contribution < -0.4 is 20.4 Å². The summed E-state index contributed by atoms with van der Waals surface area (Å²) in [7, 11) is 3.45. The number of methoxy groups -OCH3 is 1. The fraction of sp³-hybridized carbons (Fsp3) is 0.350. The van der Waals surface area contributed by atoms with E-state index in [2.05, 4.69) is 20.3 Å². The van der Waals surface area contributed by atoms with E-state index in [0.717, 1.165) is 25.1 Å². The van der Waals surface area contributed by atoms with Gasteiger partial charge in [-0.2, -0.15) is 5.10 Å². The maximum absolute atomic E-state index is 12.8. The van der Waals surface area contributed by atoms with E-state index in [-0.39, 0.29) is 22.9 Å². The summed E-state index contributed by atoms with van der Waals surface area (Å²) in [5.74, 6) is 0.301. The second kappa shape index (κ2) is 7.38. The van der Waals surface area contributed by atoms with Crippen LogP contribution in [0.1, 0.15) is 23.2 Å². The van der Waals surface area contributed by atoms with Crippen LogP contribution in [-0.2, 0) is 7.05 Å². The van der Waals surface area contributed by atoms with Gasteiger partial charge in [-0.15, -0.1) is 0 Å². The Hall–Kier alpha value is -3.29. The number of piperidine rings is 1. The first kappa shape index (κ1) is 18.1. The number of pyridine rings is 1. The van der Waals surface area contributed by atoms with Crippen molar-refractivity contribution in [2.24, 2.45) is 7.05 Å². The molecule has 0 radical (unpaired) electrons. The number of nitrogens with one attached hydrogen (secondary N) is 2. The third-order valence-electron chi connectivity index (χ3n) is 5.15. The molecule has 3 aromatic rings. The number of anilines is 1. The molecule has 0 spiro atoms. The van der Waals surface area contributed by atoms with Crippen LogP contribution in [0.25, 0.3) is 10.9 Å². The SMILES string of the molecule is COc1ccc2c(=O)c(C(=O)N[C@H]3CCCN(c4cnn(C)c4)C3)c[nH]c2c1. The number of rotatable bonds is 4. The third kappa shape index (κ3) is 3.45. The van der Waals surface area contributed by atoms with Crippen molar-refractivity contribution in [1.29, 1.82) is 0 Å². The summed E-state index contributed by atoms with van der Waals surface area (Å²) in [6.07, 6.45) is 7.11. The molecule has 2 N–H and O–H groups in total. The lowest BCUT2D eigenvalue weighted by molar-refractivity contribution is 0.0932. The highest BCUT2D eigenvalue weighted by molar-refractivity contribution is 5.97. The molecule has 28 heavy (non-hydrogen) atoms. The van der Waals surface area contributed by atoms with Crippen LogP contribution >= 0.6 is 0 Å². The summed E-state index contributed by atoms with van der Waals surface area (Å²) in [6.45, 7) is 1.62. The number of amides is 1. The van der Waals surface area contributed by atoms with E-state index < -0.39 is 0 Å². The number of carbonyl (C=O) groups excluding carboxylic acids is 1. The first-order valence-electron chi connectivity index (χ1n) is 9.29. The second-order valence-corrected chi connectivity index (χ2v) is 7.07. The average molecular weight is 381 g/mol. The van der Waals surface area contributed by atoms with Crippen molar-refractivity contribution in [3.8, 4) is 5.75 Å². The maximum Gasteiger partial charge on any atom is 0.257 e. The zero-order valence-corrected chi connectivity index (χ0v) is 15.9. The highest BCUT2D eigenvalue weighted by Crippen LogP contribution is 2.20. The van der Waals surface area contributed by atoms with Crippen LogP contribution in [0.2, 0.25) is 0 Å². The summed E-state index contributed by atoms with van der Waals surface area (Å²) < 4.78 is 6.94. The number of fused-ring (bicyclic) bond motifs is 1. The molecule has 1 saturated heterocycles. The predicted molar refractivity (Wildman–Crippen MR) is 107 cm³/mol. The van der Waals surface area contributed by atoms with Gasteiger partial charge in [0.25, 0.3) is 5.91 Å². The molecule has 1 fully saturated rings. The number of aryl methyl sites for hydroxylation is 1. The summed E-state index contributed by atoms with van der Waals surface area (Å²) in [6, 6.07) is 5.11. The maximum atomic E-state index is 12.8. The molecule has 0 saturated carbocycles. The standard InChI is InChI=1S/C20H23N5O3/c1-24-12-14(9-22-24)25-7-3-4-13(11-25)23-20(27)17-10-21-18-8-15(28-2)5-6-16(18)19(17)26/h5-6,8-10,12-13H,3-4,7,11H2,1-2H3,(H,21,26)(H,23,27)/t13-/m0/s1. The van der Waals surface area contributed by atoms with Gasteiger partial charge in [-0.05, 0) is 25.0 Å². The molecule has 1 amide bonds. The highest BCUT2D eigenvalue weighted by Gasteiger charge is 2.24. The summed E-state index contributed by atoms with van der Waals surface area (Å²) in [5, 5.41) is 7.70. The molecule has 8 nitrogen and oxygen atoms in total. The number of carbonyl (C=O) groups is 1. The van der Waals surface area contributed by atoms with Gasteiger partial charge in [0.05, 0.1) is 24.5 Å². The number of hydrogen-bond donors (Lipinski definition) is 2. The van der Waals surface area contributed by atoms with Gasteiger partial charge >= 0.3 is 0 Å². The number of aromatic amines is 1. The zero-order valence-electron chi connectivity index (χ0n) is 15.9. The Kier molecular flexibility index (Phi) is 4.77. The van der Waals surface area contributed by atoms with E-state index in [9.17, 15) is 9.59 Å². The van der Waals surface area contributed by atoms with Gasteiger partial charge in [-0.3, -0.25) is 14.3 Å². The van der Waals surface area contributed by atoms with Gasteiger partial charge in [0.1, 0.15) is 11.3 Å². The topological polar surface area (TPSA) is 92.2 Å². The smallest absolute Gasteiger partial charge is 0.257 e. The first-order valence-corrected chi connectivity index (χ1v) is 9.29. The molecule has 2 aromatic heterocycles. The van der Waals surface area contributed by atoms with Gasteiger partial charge in [-0.1, -0.05) is 0 Å². The summed E-state index contributed by atoms with van der Waals surface area (Å²) >= 11 is 0. The highest BCUT2D eigenvalue weighted by atomic mass is 16.5. The minimum absolute atomic E-state index is 0.0209. The quantitative estimate of drug-likeness (QED) is 0.717. The molecule has 3 heterocycles. The molecule has 0 unspecified atom stereocenters. The minimum Gasteiger partial charge on any atom is -0.497 e. The molecule has 1 atom stereocenters. The number of aromatic nitrogens is 3. The van der Waals surface area contributed by atoms with Crippen LogP contribution in [0.15, 0.2) is 41.6 Å². The molecule has 1 aliphatic heterocycles. The molecular formula is C20H23N5O3.